The number of phenols is 2. The van der Waals surface area contributed by atoms with Gasteiger partial charge in [0.2, 0.25) is 0 Å². The summed E-state index contributed by atoms with van der Waals surface area (Å²) in [6, 6.07) is 4.70. The number of ether oxygens (including phenoxy) is 1. The van der Waals surface area contributed by atoms with Crippen molar-refractivity contribution in [3.05, 3.63) is 50.4 Å². The number of carbonyl (C=O) groups is 1. The fourth-order valence-electron chi connectivity index (χ4n) is 4.15. The van der Waals surface area contributed by atoms with Gasteiger partial charge in [0, 0.05) is 35.7 Å². The summed E-state index contributed by atoms with van der Waals surface area (Å²) in [5.74, 6) is -4.54. The van der Waals surface area contributed by atoms with Crippen molar-refractivity contribution >= 4 is 40.1 Å². The monoisotopic (exact) mass is 532 g/mol. The van der Waals surface area contributed by atoms with Crippen molar-refractivity contribution in [2.45, 2.75) is 24.6 Å². The van der Waals surface area contributed by atoms with Gasteiger partial charge in [-0.05, 0) is 32.1 Å². The number of rotatable bonds is 3. The quantitative estimate of drug-likeness (QED) is 0.375. The molecule has 0 aliphatic carbocycles. The number of benzene rings is 1. The maximum atomic E-state index is 12.9. The maximum Gasteiger partial charge on any atom is 0.490 e. The molecule has 8 nitrogen and oxygen atoms in total. The molecule has 1 aliphatic heterocycles. The second kappa shape index (κ2) is 9.21. The first-order valence-electron chi connectivity index (χ1n) is 10.2. The topological polar surface area (TPSA) is 113 Å². The number of esters is 1. The molecule has 2 N–H and O–H groups in total. The molecule has 35 heavy (non-hydrogen) atoms. The molecule has 2 atom stereocenters. The number of alkyl halides is 3. The van der Waals surface area contributed by atoms with Crippen LogP contribution in [0.3, 0.4) is 0 Å². The van der Waals surface area contributed by atoms with E-state index in [1.165, 1.54) is 12.1 Å². The van der Waals surface area contributed by atoms with Crippen LogP contribution in [0.15, 0.2) is 33.5 Å². The second-order valence-corrected chi connectivity index (χ2v) is 8.88. The van der Waals surface area contributed by atoms with E-state index in [0.29, 0.717) is 6.54 Å². The molecular formula is C22H17Cl2F3N2O6. The Bertz CT molecular complexity index is 1360. The molecule has 3 aromatic rings. The second-order valence-electron chi connectivity index (χ2n) is 8.11. The van der Waals surface area contributed by atoms with Crippen LogP contribution in [0.2, 0.25) is 10.3 Å². The van der Waals surface area contributed by atoms with Crippen LogP contribution in [0.4, 0.5) is 13.2 Å². The standard InChI is InChI=1S/C22H17Cl2F3N2O6/c1-29-3-2-10(15(8-29)35-21(33)22(25,26)27)18-11(30)6-12(31)19-13(32)7-14(34-20(18)19)9-4-16(23)28-17(24)5-9/h4-7,10,15,30-31H,2-3,8H2,1H3/t10-,15+/m0/s1. The third kappa shape index (κ3) is 5.02. The van der Waals surface area contributed by atoms with Crippen LogP contribution in [0.25, 0.3) is 22.3 Å². The van der Waals surface area contributed by atoms with E-state index < -0.39 is 41.1 Å². The fourth-order valence-corrected chi connectivity index (χ4v) is 4.61. The Balaban J connectivity index is 1.92. The van der Waals surface area contributed by atoms with Gasteiger partial charge in [-0.25, -0.2) is 9.78 Å². The van der Waals surface area contributed by atoms with Gasteiger partial charge in [-0.3, -0.25) is 4.79 Å². The summed E-state index contributed by atoms with van der Waals surface area (Å²) in [6.07, 6.45) is -6.40. The van der Waals surface area contributed by atoms with Crippen molar-refractivity contribution in [1.82, 2.24) is 9.88 Å². The molecule has 0 bridgehead atoms. The molecular weight excluding hydrogens is 516 g/mol. The molecule has 1 aromatic carbocycles. The number of phenolic OH excluding ortho intramolecular Hbond substituents is 2. The van der Waals surface area contributed by atoms with Crippen molar-refractivity contribution < 1.29 is 37.3 Å². The van der Waals surface area contributed by atoms with E-state index in [0.717, 1.165) is 12.1 Å². The number of fused-ring (bicyclic) bond motifs is 1. The van der Waals surface area contributed by atoms with Crippen molar-refractivity contribution in [3.63, 3.8) is 0 Å². The Morgan fingerprint density at radius 1 is 1.17 bits per heavy atom. The number of nitrogens with zero attached hydrogens (tertiary/aromatic N) is 2. The summed E-state index contributed by atoms with van der Waals surface area (Å²) in [6.45, 7) is 0.305. The molecule has 0 amide bonds. The molecule has 4 rings (SSSR count). The maximum absolute atomic E-state index is 12.9. The van der Waals surface area contributed by atoms with Crippen LogP contribution in [0.5, 0.6) is 11.5 Å². The van der Waals surface area contributed by atoms with Gasteiger partial charge in [0.1, 0.15) is 44.6 Å². The van der Waals surface area contributed by atoms with E-state index in [1.54, 1.807) is 11.9 Å². The Morgan fingerprint density at radius 2 is 1.83 bits per heavy atom. The first-order valence-corrected chi connectivity index (χ1v) is 10.9. The Morgan fingerprint density at radius 3 is 2.46 bits per heavy atom. The highest BCUT2D eigenvalue weighted by molar-refractivity contribution is 6.32. The number of aromatic hydroxyl groups is 2. The largest absolute Gasteiger partial charge is 0.507 e. The Hall–Kier alpha value is -3.02. The molecule has 13 heteroatoms. The molecule has 2 aromatic heterocycles. The number of piperidine rings is 1. The molecule has 1 saturated heterocycles. The fraction of sp³-hybridized carbons (Fsp3) is 0.318. The van der Waals surface area contributed by atoms with Crippen LogP contribution in [0.1, 0.15) is 17.9 Å². The minimum absolute atomic E-state index is 0.00340. The highest BCUT2D eigenvalue weighted by atomic mass is 35.5. The third-order valence-corrected chi connectivity index (χ3v) is 6.06. The van der Waals surface area contributed by atoms with Crippen LogP contribution in [-0.2, 0) is 9.53 Å². The van der Waals surface area contributed by atoms with Crippen molar-refractivity contribution in [1.29, 1.82) is 0 Å². The summed E-state index contributed by atoms with van der Waals surface area (Å²) in [5, 5.41) is 20.8. The Kier molecular flexibility index (Phi) is 6.60. The molecule has 0 saturated carbocycles. The summed E-state index contributed by atoms with van der Waals surface area (Å²) >= 11 is 11.9. The number of halogens is 5. The van der Waals surface area contributed by atoms with Crippen LogP contribution < -0.4 is 5.43 Å². The van der Waals surface area contributed by atoms with E-state index in [9.17, 15) is 33.0 Å². The van der Waals surface area contributed by atoms with Gasteiger partial charge in [0.05, 0.1) is 0 Å². The lowest BCUT2D eigenvalue weighted by molar-refractivity contribution is -0.207. The average Bonchev–Trinajstić information content (AvgIpc) is 2.73. The predicted octanol–water partition coefficient (Wildman–Crippen LogP) is 4.47. The number of hydrogen-bond donors (Lipinski definition) is 2. The normalized spacial score (nSPS) is 19.1. The van der Waals surface area contributed by atoms with Gasteiger partial charge < -0.3 is 24.3 Å². The highest BCUT2D eigenvalue weighted by Crippen LogP contribution is 2.43. The smallest absolute Gasteiger partial charge is 0.490 e. The van der Waals surface area contributed by atoms with E-state index >= 15 is 0 Å². The molecule has 186 valence electrons. The lowest BCUT2D eigenvalue weighted by atomic mass is 9.85. The summed E-state index contributed by atoms with van der Waals surface area (Å²) in [5.41, 5.74) is -0.778. The molecule has 0 spiro atoms. The van der Waals surface area contributed by atoms with Crippen molar-refractivity contribution in [3.8, 4) is 22.8 Å². The summed E-state index contributed by atoms with van der Waals surface area (Å²) in [4.78, 5) is 30.0. The lowest BCUT2D eigenvalue weighted by Crippen LogP contribution is -2.45. The summed E-state index contributed by atoms with van der Waals surface area (Å²) in [7, 11) is 1.63. The van der Waals surface area contributed by atoms with Crippen LogP contribution >= 0.6 is 23.2 Å². The number of pyridine rings is 1. The lowest BCUT2D eigenvalue weighted by Gasteiger charge is -2.36. The minimum atomic E-state index is -5.22. The molecule has 1 fully saturated rings. The highest BCUT2D eigenvalue weighted by Gasteiger charge is 2.45. The zero-order valence-electron chi connectivity index (χ0n) is 17.9. The zero-order valence-corrected chi connectivity index (χ0v) is 19.4. The first kappa shape index (κ1) is 25.1. The zero-order chi connectivity index (χ0) is 25.7. The van der Waals surface area contributed by atoms with E-state index in [1.807, 2.05) is 0 Å². The van der Waals surface area contributed by atoms with Crippen molar-refractivity contribution in [2.75, 3.05) is 20.1 Å². The number of carbonyl (C=O) groups excluding carboxylic acids is 1. The van der Waals surface area contributed by atoms with Gasteiger partial charge in [0.15, 0.2) is 5.43 Å². The summed E-state index contributed by atoms with van der Waals surface area (Å²) < 4.78 is 49.4. The molecule has 0 radical (unpaired) electrons. The number of aromatic nitrogens is 1. The minimum Gasteiger partial charge on any atom is -0.507 e. The Labute approximate surface area is 205 Å². The van der Waals surface area contributed by atoms with E-state index in [2.05, 4.69) is 4.98 Å². The molecule has 0 unspecified atom stereocenters. The SMILES string of the molecule is CN1CC[C@H](c2c(O)cc(O)c3c(=O)cc(-c4cc(Cl)nc(Cl)c4)oc23)[C@H](OC(=O)C(F)(F)F)C1. The van der Waals surface area contributed by atoms with Gasteiger partial charge in [0.25, 0.3) is 0 Å². The first-order chi connectivity index (χ1) is 16.3. The van der Waals surface area contributed by atoms with Gasteiger partial charge in [-0.2, -0.15) is 13.2 Å². The van der Waals surface area contributed by atoms with E-state index in [4.69, 9.17) is 32.4 Å². The molecule has 3 heterocycles. The third-order valence-electron chi connectivity index (χ3n) is 5.67. The predicted molar refractivity (Wildman–Crippen MR) is 120 cm³/mol. The van der Waals surface area contributed by atoms with Crippen LogP contribution in [0, 0.1) is 0 Å². The van der Waals surface area contributed by atoms with E-state index in [-0.39, 0.29) is 51.1 Å². The van der Waals surface area contributed by atoms with Gasteiger partial charge in [-0.15, -0.1) is 0 Å². The van der Waals surface area contributed by atoms with Gasteiger partial charge >= 0.3 is 12.1 Å². The number of likely N-dealkylation sites (tertiary alicyclic amines) is 1. The van der Waals surface area contributed by atoms with Crippen molar-refractivity contribution in [2.24, 2.45) is 0 Å². The molecule has 1 aliphatic rings. The number of likely N-dealkylation sites (N-methyl/N-ethyl adjacent to an activating group) is 1. The number of hydrogen-bond acceptors (Lipinski definition) is 8. The van der Waals surface area contributed by atoms with Gasteiger partial charge in [-0.1, -0.05) is 23.2 Å². The average molecular weight is 533 g/mol. The van der Waals surface area contributed by atoms with Crippen LogP contribution in [-0.4, -0.2) is 58.5 Å².